The van der Waals surface area contributed by atoms with Crippen LogP contribution in [0.15, 0.2) is 47.5 Å². The zero-order valence-electron chi connectivity index (χ0n) is 17.4. The second kappa shape index (κ2) is 11.2. The summed E-state index contributed by atoms with van der Waals surface area (Å²) < 4.78 is 14.6. The molecule has 0 unspecified atom stereocenters. The third kappa shape index (κ3) is 6.61. The summed E-state index contributed by atoms with van der Waals surface area (Å²) >= 11 is 5.92. The van der Waals surface area contributed by atoms with E-state index in [4.69, 9.17) is 11.6 Å². The fourth-order valence-corrected chi connectivity index (χ4v) is 3.63. The summed E-state index contributed by atoms with van der Waals surface area (Å²) in [4.78, 5) is 6.58. The number of aliphatic hydroxyl groups is 1. The van der Waals surface area contributed by atoms with E-state index in [9.17, 15) is 9.50 Å². The number of nitrogens with one attached hydrogen (secondary N) is 2. The van der Waals surface area contributed by atoms with Gasteiger partial charge in [0.2, 0.25) is 0 Å². The maximum Gasteiger partial charge on any atom is 0.191 e. The number of aliphatic imine (C=N–C) groups is 1. The number of hydrogen-bond acceptors (Lipinski definition) is 3. The molecule has 5 nitrogen and oxygen atoms in total. The molecule has 0 saturated carbocycles. The lowest BCUT2D eigenvalue weighted by molar-refractivity contribution is 0.145. The van der Waals surface area contributed by atoms with Gasteiger partial charge in [-0.05, 0) is 61.6 Å². The van der Waals surface area contributed by atoms with Gasteiger partial charge in [0.1, 0.15) is 5.82 Å². The number of hydrogen-bond donors (Lipinski definition) is 3. The molecule has 0 aliphatic carbocycles. The normalized spacial score (nSPS) is 15.3. The van der Waals surface area contributed by atoms with Crippen LogP contribution in [0.5, 0.6) is 0 Å². The highest BCUT2D eigenvalue weighted by Crippen LogP contribution is 2.24. The molecule has 30 heavy (non-hydrogen) atoms. The number of benzene rings is 2. The van der Waals surface area contributed by atoms with Gasteiger partial charge in [-0.2, -0.15) is 0 Å². The van der Waals surface area contributed by atoms with Crippen LogP contribution >= 0.6 is 11.6 Å². The molecule has 0 atom stereocenters. The van der Waals surface area contributed by atoms with Crippen LogP contribution in [0.4, 0.5) is 10.1 Å². The second-order valence-electron chi connectivity index (χ2n) is 7.50. The van der Waals surface area contributed by atoms with Gasteiger partial charge < -0.3 is 20.6 Å². The van der Waals surface area contributed by atoms with Gasteiger partial charge in [-0.25, -0.2) is 9.38 Å². The summed E-state index contributed by atoms with van der Waals surface area (Å²) in [7, 11) is 0. The minimum absolute atomic E-state index is 0.236. The Morgan fingerprint density at radius 2 is 1.83 bits per heavy atom. The Bertz CT molecular complexity index is 836. The van der Waals surface area contributed by atoms with Crippen molar-refractivity contribution < 1.29 is 9.50 Å². The van der Waals surface area contributed by atoms with E-state index in [0.29, 0.717) is 44.1 Å². The Morgan fingerprint density at radius 3 is 2.50 bits per heavy atom. The number of aliphatic hydroxyl groups excluding tert-OH is 1. The maximum absolute atomic E-state index is 14.6. The Balaban J connectivity index is 1.55. The molecule has 2 aromatic carbocycles. The summed E-state index contributed by atoms with van der Waals surface area (Å²) in [5.41, 5.74) is 2.62. The molecule has 1 saturated heterocycles. The highest BCUT2D eigenvalue weighted by Gasteiger charge is 2.19. The monoisotopic (exact) mass is 432 g/mol. The molecular weight excluding hydrogens is 403 g/mol. The van der Waals surface area contributed by atoms with Crippen LogP contribution in [0, 0.1) is 5.82 Å². The van der Waals surface area contributed by atoms with Gasteiger partial charge in [0, 0.05) is 31.2 Å². The lowest BCUT2D eigenvalue weighted by atomic mass is 10.1. The third-order valence-electron chi connectivity index (χ3n) is 5.20. The van der Waals surface area contributed by atoms with Crippen LogP contribution in [0.25, 0.3) is 0 Å². The van der Waals surface area contributed by atoms with Gasteiger partial charge in [-0.15, -0.1) is 0 Å². The summed E-state index contributed by atoms with van der Waals surface area (Å²) in [6.07, 6.45) is 1.95. The zero-order chi connectivity index (χ0) is 21.3. The Kier molecular flexibility index (Phi) is 8.34. The molecule has 0 spiro atoms. The van der Waals surface area contributed by atoms with E-state index in [-0.39, 0.29) is 11.9 Å². The number of halogens is 2. The van der Waals surface area contributed by atoms with Crippen molar-refractivity contribution in [3.63, 3.8) is 0 Å². The minimum Gasteiger partial charge on any atom is -0.393 e. The lowest BCUT2D eigenvalue weighted by Crippen LogP contribution is -2.38. The van der Waals surface area contributed by atoms with Crippen LogP contribution < -0.4 is 15.5 Å². The van der Waals surface area contributed by atoms with E-state index < -0.39 is 0 Å². The van der Waals surface area contributed by atoms with Gasteiger partial charge in [-0.1, -0.05) is 29.8 Å². The van der Waals surface area contributed by atoms with Crippen molar-refractivity contribution in [2.24, 2.45) is 4.99 Å². The fourth-order valence-electron chi connectivity index (χ4n) is 3.50. The quantitative estimate of drug-likeness (QED) is 0.461. The Hall–Kier alpha value is -2.31. The van der Waals surface area contributed by atoms with Crippen molar-refractivity contribution in [1.82, 2.24) is 10.6 Å². The summed E-state index contributed by atoms with van der Waals surface area (Å²) in [5.74, 6) is 0.473. The molecule has 7 heteroatoms. The van der Waals surface area contributed by atoms with Gasteiger partial charge in [0.15, 0.2) is 5.96 Å². The zero-order valence-corrected chi connectivity index (χ0v) is 18.1. The molecule has 0 bridgehead atoms. The van der Waals surface area contributed by atoms with Crippen LogP contribution in [0.1, 0.15) is 30.9 Å². The Labute approximate surface area is 183 Å². The number of anilines is 1. The summed E-state index contributed by atoms with van der Waals surface area (Å²) in [6, 6.07) is 13.1. The number of piperidine rings is 1. The first-order chi connectivity index (χ1) is 14.5. The van der Waals surface area contributed by atoms with Gasteiger partial charge in [-0.3, -0.25) is 0 Å². The predicted octanol–water partition coefficient (Wildman–Crippen LogP) is 3.74. The molecule has 1 fully saturated rings. The summed E-state index contributed by atoms with van der Waals surface area (Å²) in [6.45, 7) is 5.25. The van der Waals surface area contributed by atoms with E-state index in [0.717, 1.165) is 30.1 Å². The maximum atomic E-state index is 14.6. The number of guanidine groups is 1. The SMILES string of the molecule is CCNC(=NCc1ccc(N2CCC(O)CC2)c(F)c1)NCCc1ccc(Cl)cc1. The van der Waals surface area contributed by atoms with Crippen molar-refractivity contribution >= 4 is 23.2 Å². The first-order valence-electron chi connectivity index (χ1n) is 10.5. The average molecular weight is 433 g/mol. The molecule has 3 rings (SSSR count). The van der Waals surface area contributed by atoms with Gasteiger partial charge >= 0.3 is 0 Å². The molecule has 0 amide bonds. The van der Waals surface area contributed by atoms with Crippen molar-refractivity contribution in [2.75, 3.05) is 31.1 Å². The molecule has 3 N–H and O–H groups in total. The van der Waals surface area contributed by atoms with E-state index in [2.05, 4.69) is 15.6 Å². The molecular formula is C23H30ClFN4O. The standard InChI is InChI=1S/C23H30ClFN4O/c1-2-26-23(27-12-9-17-3-6-19(24)7-4-17)28-16-18-5-8-22(21(25)15-18)29-13-10-20(30)11-14-29/h3-8,15,20,30H,2,9-14,16H2,1H3,(H2,26,27,28). The lowest BCUT2D eigenvalue weighted by Gasteiger charge is -2.31. The highest BCUT2D eigenvalue weighted by atomic mass is 35.5. The van der Waals surface area contributed by atoms with Crippen molar-refractivity contribution in [3.05, 3.63) is 64.4 Å². The van der Waals surface area contributed by atoms with E-state index in [1.54, 1.807) is 6.07 Å². The first-order valence-corrected chi connectivity index (χ1v) is 10.9. The number of nitrogens with zero attached hydrogens (tertiary/aromatic N) is 2. The third-order valence-corrected chi connectivity index (χ3v) is 5.45. The van der Waals surface area contributed by atoms with E-state index >= 15 is 0 Å². The largest absolute Gasteiger partial charge is 0.393 e. The topological polar surface area (TPSA) is 59.9 Å². The fraction of sp³-hybridized carbons (Fsp3) is 0.435. The first kappa shape index (κ1) is 22.4. The van der Waals surface area contributed by atoms with Crippen LogP contribution in [-0.2, 0) is 13.0 Å². The van der Waals surface area contributed by atoms with Crippen molar-refractivity contribution in [3.8, 4) is 0 Å². The average Bonchev–Trinajstić information content (AvgIpc) is 2.74. The van der Waals surface area contributed by atoms with Crippen molar-refractivity contribution in [2.45, 2.75) is 38.8 Å². The predicted molar refractivity (Wildman–Crippen MR) is 122 cm³/mol. The van der Waals surface area contributed by atoms with E-state index in [1.165, 1.54) is 5.56 Å². The molecule has 1 aliphatic rings. The molecule has 162 valence electrons. The van der Waals surface area contributed by atoms with Crippen LogP contribution in [0.2, 0.25) is 5.02 Å². The van der Waals surface area contributed by atoms with Crippen LogP contribution in [0.3, 0.4) is 0 Å². The molecule has 1 aliphatic heterocycles. The highest BCUT2D eigenvalue weighted by molar-refractivity contribution is 6.30. The Morgan fingerprint density at radius 1 is 1.13 bits per heavy atom. The minimum atomic E-state index is -0.269. The van der Waals surface area contributed by atoms with Gasteiger partial charge in [0.05, 0.1) is 18.3 Å². The van der Waals surface area contributed by atoms with Gasteiger partial charge in [0.25, 0.3) is 0 Å². The number of rotatable bonds is 7. The smallest absolute Gasteiger partial charge is 0.191 e. The van der Waals surface area contributed by atoms with Crippen molar-refractivity contribution in [1.29, 1.82) is 0 Å². The van der Waals surface area contributed by atoms with Crippen LogP contribution in [-0.4, -0.2) is 43.3 Å². The second-order valence-corrected chi connectivity index (χ2v) is 7.94. The molecule has 0 radical (unpaired) electrons. The molecule has 0 aromatic heterocycles. The molecule has 1 heterocycles. The molecule has 2 aromatic rings. The summed E-state index contributed by atoms with van der Waals surface area (Å²) in [5, 5.41) is 16.9. The van der Waals surface area contributed by atoms with E-state index in [1.807, 2.05) is 48.2 Å².